The molecule has 2 aromatic heterocycles. The molecule has 2 rings (SSSR count). The first kappa shape index (κ1) is 9.97. The van der Waals surface area contributed by atoms with Crippen LogP contribution in [0.3, 0.4) is 0 Å². The molecule has 82 valence electrons. The number of amides is 1. The standard InChI is InChI=1S/C9H8N4O3/c10-7(14)6-9(15)12-8(11-6)5-3-1-2-4-13(5)16/h1-4,15H,(H2,10,14)(H,11,12). The molecule has 0 bridgehead atoms. The Morgan fingerprint density at radius 3 is 2.88 bits per heavy atom. The number of H-pyrrole nitrogens is 1. The van der Waals surface area contributed by atoms with E-state index in [4.69, 9.17) is 5.73 Å². The highest BCUT2D eigenvalue weighted by Gasteiger charge is 2.19. The van der Waals surface area contributed by atoms with Crippen LogP contribution in [-0.2, 0) is 0 Å². The Hall–Kier alpha value is -2.57. The lowest BCUT2D eigenvalue weighted by Crippen LogP contribution is -2.28. The fourth-order valence-electron chi connectivity index (χ4n) is 1.27. The van der Waals surface area contributed by atoms with Crippen molar-refractivity contribution in [2.75, 3.05) is 0 Å². The van der Waals surface area contributed by atoms with Gasteiger partial charge in [-0.2, -0.15) is 4.73 Å². The van der Waals surface area contributed by atoms with Gasteiger partial charge in [0.1, 0.15) is 0 Å². The molecule has 0 aliphatic carbocycles. The number of hydrogen-bond acceptors (Lipinski definition) is 4. The zero-order valence-electron chi connectivity index (χ0n) is 8.04. The van der Waals surface area contributed by atoms with E-state index in [1.54, 1.807) is 12.1 Å². The number of nitrogens with two attached hydrogens (primary N) is 1. The van der Waals surface area contributed by atoms with Crippen molar-refractivity contribution in [3.05, 3.63) is 35.3 Å². The molecule has 0 aliphatic rings. The Bertz CT molecular complexity index is 549. The molecular formula is C9H8N4O3. The number of aromatic hydroxyl groups is 1. The second-order valence-corrected chi connectivity index (χ2v) is 3.06. The second kappa shape index (κ2) is 3.54. The van der Waals surface area contributed by atoms with Gasteiger partial charge in [0.05, 0.1) is 0 Å². The predicted molar refractivity (Wildman–Crippen MR) is 53.2 cm³/mol. The van der Waals surface area contributed by atoms with E-state index in [-0.39, 0.29) is 17.2 Å². The first-order valence-electron chi connectivity index (χ1n) is 4.37. The third-order valence-corrected chi connectivity index (χ3v) is 1.98. The number of aromatic amines is 1. The lowest BCUT2D eigenvalue weighted by Gasteiger charge is -1.99. The van der Waals surface area contributed by atoms with Crippen molar-refractivity contribution in [3.63, 3.8) is 0 Å². The van der Waals surface area contributed by atoms with Gasteiger partial charge in [0, 0.05) is 12.1 Å². The number of carbonyl (C=O) groups is 1. The largest absolute Gasteiger partial charge is 0.618 e. The van der Waals surface area contributed by atoms with Crippen LogP contribution in [0.15, 0.2) is 24.4 Å². The van der Waals surface area contributed by atoms with Crippen LogP contribution in [0.1, 0.15) is 10.5 Å². The molecule has 4 N–H and O–H groups in total. The molecule has 0 saturated heterocycles. The molecule has 0 atom stereocenters. The molecule has 0 radical (unpaired) electrons. The Balaban J connectivity index is 2.54. The summed E-state index contributed by atoms with van der Waals surface area (Å²) >= 11 is 0. The van der Waals surface area contributed by atoms with Crippen molar-refractivity contribution in [1.82, 2.24) is 9.97 Å². The molecule has 16 heavy (non-hydrogen) atoms. The number of pyridine rings is 1. The lowest BCUT2D eigenvalue weighted by atomic mass is 10.3. The molecule has 0 saturated carbocycles. The van der Waals surface area contributed by atoms with Gasteiger partial charge in [-0.3, -0.25) is 4.79 Å². The highest BCUT2D eigenvalue weighted by molar-refractivity contribution is 5.93. The summed E-state index contributed by atoms with van der Waals surface area (Å²) in [6.07, 6.45) is 1.28. The summed E-state index contributed by atoms with van der Waals surface area (Å²) in [6, 6.07) is 4.68. The van der Waals surface area contributed by atoms with E-state index in [0.29, 0.717) is 4.73 Å². The minimum Gasteiger partial charge on any atom is -0.618 e. The van der Waals surface area contributed by atoms with Gasteiger partial charge in [-0.05, 0) is 6.07 Å². The van der Waals surface area contributed by atoms with Gasteiger partial charge in [-0.25, -0.2) is 4.98 Å². The molecule has 7 nitrogen and oxygen atoms in total. The van der Waals surface area contributed by atoms with Crippen molar-refractivity contribution >= 4 is 5.91 Å². The van der Waals surface area contributed by atoms with E-state index in [0.717, 1.165) is 0 Å². The van der Waals surface area contributed by atoms with Crippen LogP contribution in [0, 0.1) is 5.21 Å². The number of hydrogen-bond donors (Lipinski definition) is 3. The van der Waals surface area contributed by atoms with Crippen LogP contribution in [0.5, 0.6) is 5.88 Å². The first-order chi connectivity index (χ1) is 7.59. The van der Waals surface area contributed by atoms with Crippen molar-refractivity contribution in [3.8, 4) is 17.4 Å². The Kier molecular flexibility index (Phi) is 2.20. The molecule has 0 spiro atoms. The molecule has 0 aliphatic heterocycles. The lowest BCUT2D eigenvalue weighted by molar-refractivity contribution is -0.594. The molecule has 2 aromatic rings. The SMILES string of the molecule is NC(=O)c1nc(-c2cccc[n+]2[O-])[nH]c1O. The monoisotopic (exact) mass is 220 g/mol. The topological polar surface area (TPSA) is 119 Å². The third-order valence-electron chi connectivity index (χ3n) is 1.98. The van der Waals surface area contributed by atoms with Gasteiger partial charge < -0.3 is 21.0 Å². The van der Waals surface area contributed by atoms with E-state index >= 15 is 0 Å². The Labute approximate surface area is 89.8 Å². The van der Waals surface area contributed by atoms with Crippen LogP contribution in [0.2, 0.25) is 0 Å². The number of primary amides is 1. The van der Waals surface area contributed by atoms with Crippen LogP contribution in [-0.4, -0.2) is 21.0 Å². The molecule has 0 fully saturated rings. The average molecular weight is 220 g/mol. The maximum Gasteiger partial charge on any atom is 0.272 e. The van der Waals surface area contributed by atoms with Gasteiger partial charge in [0.2, 0.25) is 11.7 Å². The average Bonchev–Trinajstić information content (AvgIpc) is 2.61. The van der Waals surface area contributed by atoms with Gasteiger partial charge in [-0.1, -0.05) is 0 Å². The number of nitrogens with zero attached hydrogens (tertiary/aromatic N) is 2. The molecule has 7 heteroatoms. The quantitative estimate of drug-likeness (QED) is 0.467. The van der Waals surface area contributed by atoms with E-state index in [9.17, 15) is 15.1 Å². The van der Waals surface area contributed by atoms with E-state index < -0.39 is 11.8 Å². The first-order valence-corrected chi connectivity index (χ1v) is 4.37. The number of rotatable bonds is 2. The Morgan fingerprint density at radius 1 is 1.56 bits per heavy atom. The minimum atomic E-state index is -0.867. The molecule has 0 aromatic carbocycles. The van der Waals surface area contributed by atoms with Gasteiger partial charge >= 0.3 is 0 Å². The third kappa shape index (κ3) is 1.54. The summed E-state index contributed by atoms with van der Waals surface area (Å²) in [5.74, 6) is -1.23. The zero-order chi connectivity index (χ0) is 11.7. The molecule has 0 unspecified atom stereocenters. The number of imidazole rings is 1. The highest BCUT2D eigenvalue weighted by Crippen LogP contribution is 2.18. The maximum atomic E-state index is 11.4. The predicted octanol–water partition coefficient (Wildman–Crippen LogP) is -0.485. The maximum absolute atomic E-state index is 11.4. The van der Waals surface area contributed by atoms with E-state index in [1.807, 2.05) is 0 Å². The fraction of sp³-hybridized carbons (Fsp3) is 0. The molecule has 1 amide bonds. The summed E-state index contributed by atoms with van der Waals surface area (Å²) in [5, 5.41) is 20.7. The summed E-state index contributed by atoms with van der Waals surface area (Å²) in [6.45, 7) is 0. The van der Waals surface area contributed by atoms with Gasteiger partial charge in [0.25, 0.3) is 11.6 Å². The van der Waals surface area contributed by atoms with Crippen LogP contribution in [0.4, 0.5) is 0 Å². The molecule has 2 heterocycles. The van der Waals surface area contributed by atoms with Gasteiger partial charge in [0.15, 0.2) is 11.9 Å². The zero-order valence-corrected chi connectivity index (χ0v) is 8.04. The second-order valence-electron chi connectivity index (χ2n) is 3.06. The summed E-state index contributed by atoms with van der Waals surface area (Å²) in [5.41, 5.74) is 4.87. The normalized spacial score (nSPS) is 10.2. The van der Waals surface area contributed by atoms with Crippen LogP contribution in [0.25, 0.3) is 11.5 Å². The van der Waals surface area contributed by atoms with Gasteiger partial charge in [-0.15, -0.1) is 0 Å². The van der Waals surface area contributed by atoms with Crippen LogP contribution >= 0.6 is 0 Å². The highest BCUT2D eigenvalue weighted by atomic mass is 16.5. The number of nitrogens with one attached hydrogen (secondary N) is 1. The van der Waals surface area contributed by atoms with Crippen LogP contribution < -0.4 is 10.5 Å². The van der Waals surface area contributed by atoms with Crippen molar-refractivity contribution in [1.29, 1.82) is 0 Å². The smallest absolute Gasteiger partial charge is 0.272 e. The summed E-state index contributed by atoms with van der Waals surface area (Å²) in [4.78, 5) is 17.0. The summed E-state index contributed by atoms with van der Waals surface area (Å²) < 4.78 is 0.559. The van der Waals surface area contributed by atoms with E-state index in [2.05, 4.69) is 9.97 Å². The number of aromatic nitrogens is 3. The number of carbonyl (C=O) groups excluding carboxylic acids is 1. The fourth-order valence-corrected chi connectivity index (χ4v) is 1.27. The minimum absolute atomic E-state index is 0.0851. The molecular weight excluding hydrogens is 212 g/mol. The van der Waals surface area contributed by atoms with Crippen molar-refractivity contribution in [2.24, 2.45) is 5.73 Å². The van der Waals surface area contributed by atoms with E-state index in [1.165, 1.54) is 12.3 Å². The summed E-state index contributed by atoms with van der Waals surface area (Å²) in [7, 11) is 0. The van der Waals surface area contributed by atoms with Crippen molar-refractivity contribution in [2.45, 2.75) is 0 Å². The van der Waals surface area contributed by atoms with Crippen molar-refractivity contribution < 1.29 is 14.6 Å². The Morgan fingerprint density at radius 2 is 2.31 bits per heavy atom.